The molecule has 1 aliphatic heterocycles. The van der Waals surface area contributed by atoms with Crippen molar-refractivity contribution in [2.45, 2.75) is 45.6 Å². The summed E-state index contributed by atoms with van der Waals surface area (Å²) in [6, 6.07) is 1.99. The van der Waals surface area contributed by atoms with Gasteiger partial charge in [-0.15, -0.1) is 0 Å². The van der Waals surface area contributed by atoms with Gasteiger partial charge in [-0.3, -0.25) is 4.79 Å². The van der Waals surface area contributed by atoms with Crippen LogP contribution in [0.1, 0.15) is 40.0 Å². The molecule has 96 valence electrons. The second kappa shape index (κ2) is 5.68. The Labute approximate surface area is 108 Å². The molecular formula is C15H19NO2. The molecule has 0 bridgehead atoms. The van der Waals surface area contributed by atoms with Crippen molar-refractivity contribution in [3.8, 4) is 6.07 Å². The number of nitriles is 1. The first-order chi connectivity index (χ1) is 8.51. The molecule has 0 aliphatic carbocycles. The number of allylic oxidation sites excluding steroid dienone is 5. The molecule has 0 aromatic carbocycles. The topological polar surface area (TPSA) is 50.1 Å². The molecule has 3 nitrogen and oxygen atoms in total. The molecule has 3 heteroatoms. The van der Waals surface area contributed by atoms with Gasteiger partial charge in [0.25, 0.3) is 0 Å². The van der Waals surface area contributed by atoms with E-state index in [2.05, 4.69) is 6.58 Å². The fourth-order valence-electron chi connectivity index (χ4n) is 2.12. The standard InChI is InChI=1S/C15H19NO2/c1-5-12(10-16)8-13-11(4)18-15(6-2,7-3)9-14(13)17/h5,8H,1,6-7,9H2,2-4H3/b12-8+. The number of ketones is 1. The highest BCUT2D eigenvalue weighted by molar-refractivity contribution is 6.00. The van der Waals surface area contributed by atoms with Gasteiger partial charge in [0.1, 0.15) is 11.4 Å². The third kappa shape index (κ3) is 2.70. The molecule has 0 fully saturated rings. The van der Waals surface area contributed by atoms with Crippen LogP contribution in [-0.2, 0) is 9.53 Å². The third-order valence-electron chi connectivity index (χ3n) is 3.47. The summed E-state index contributed by atoms with van der Waals surface area (Å²) in [4.78, 5) is 12.2. The lowest BCUT2D eigenvalue weighted by Crippen LogP contribution is -2.37. The van der Waals surface area contributed by atoms with E-state index in [-0.39, 0.29) is 11.4 Å². The maximum absolute atomic E-state index is 12.2. The Morgan fingerprint density at radius 3 is 2.56 bits per heavy atom. The van der Waals surface area contributed by atoms with Gasteiger partial charge in [-0.25, -0.2) is 0 Å². The molecule has 0 saturated heterocycles. The Morgan fingerprint density at radius 1 is 1.56 bits per heavy atom. The van der Waals surface area contributed by atoms with Crippen molar-refractivity contribution >= 4 is 5.78 Å². The molecule has 0 saturated carbocycles. The minimum Gasteiger partial charge on any atom is -0.491 e. The summed E-state index contributed by atoms with van der Waals surface area (Å²) < 4.78 is 5.92. The summed E-state index contributed by atoms with van der Waals surface area (Å²) >= 11 is 0. The number of rotatable bonds is 4. The van der Waals surface area contributed by atoms with Crippen LogP contribution >= 0.6 is 0 Å². The molecule has 0 N–H and O–H groups in total. The maximum atomic E-state index is 12.2. The molecule has 0 aromatic rings. The van der Waals surface area contributed by atoms with Gasteiger partial charge in [0.2, 0.25) is 0 Å². The van der Waals surface area contributed by atoms with Gasteiger partial charge in [-0.05, 0) is 25.8 Å². The minimum absolute atomic E-state index is 0.0389. The molecule has 0 spiro atoms. The van der Waals surface area contributed by atoms with E-state index < -0.39 is 0 Å². The number of hydrogen-bond acceptors (Lipinski definition) is 3. The van der Waals surface area contributed by atoms with Crippen LogP contribution in [0.25, 0.3) is 0 Å². The van der Waals surface area contributed by atoms with Crippen molar-refractivity contribution in [3.63, 3.8) is 0 Å². The van der Waals surface area contributed by atoms with Crippen LogP contribution in [0.3, 0.4) is 0 Å². The van der Waals surface area contributed by atoms with Crippen molar-refractivity contribution in [2.24, 2.45) is 0 Å². The summed E-state index contributed by atoms with van der Waals surface area (Å²) in [7, 11) is 0. The van der Waals surface area contributed by atoms with Crippen LogP contribution in [0.4, 0.5) is 0 Å². The van der Waals surface area contributed by atoms with E-state index in [4.69, 9.17) is 10.00 Å². The lowest BCUT2D eigenvalue weighted by atomic mass is 9.85. The Balaban J connectivity index is 3.16. The van der Waals surface area contributed by atoms with Gasteiger partial charge < -0.3 is 4.74 Å². The van der Waals surface area contributed by atoms with Gasteiger partial charge >= 0.3 is 0 Å². The SMILES string of the molecule is C=C/C(C#N)=C\C1=C(C)OC(CC)(CC)CC1=O. The Morgan fingerprint density at radius 2 is 2.17 bits per heavy atom. The molecule has 1 rings (SSSR count). The molecule has 0 radical (unpaired) electrons. The first-order valence-electron chi connectivity index (χ1n) is 6.19. The average molecular weight is 245 g/mol. The smallest absolute Gasteiger partial charge is 0.170 e. The van der Waals surface area contributed by atoms with Crippen LogP contribution in [0.5, 0.6) is 0 Å². The van der Waals surface area contributed by atoms with E-state index in [1.807, 2.05) is 19.9 Å². The molecule has 1 heterocycles. The highest BCUT2D eigenvalue weighted by atomic mass is 16.5. The van der Waals surface area contributed by atoms with Crippen molar-refractivity contribution in [2.75, 3.05) is 0 Å². The van der Waals surface area contributed by atoms with Gasteiger partial charge in [0, 0.05) is 0 Å². The molecule has 0 amide bonds. The molecule has 1 aliphatic rings. The van der Waals surface area contributed by atoms with Gasteiger partial charge in [-0.2, -0.15) is 5.26 Å². The zero-order chi connectivity index (χ0) is 13.8. The maximum Gasteiger partial charge on any atom is 0.170 e. The van der Waals surface area contributed by atoms with E-state index in [0.717, 1.165) is 12.8 Å². The van der Waals surface area contributed by atoms with E-state index in [9.17, 15) is 4.79 Å². The zero-order valence-corrected chi connectivity index (χ0v) is 11.2. The first kappa shape index (κ1) is 14.2. The second-order valence-electron chi connectivity index (χ2n) is 4.48. The monoisotopic (exact) mass is 245 g/mol. The first-order valence-corrected chi connectivity index (χ1v) is 6.19. The van der Waals surface area contributed by atoms with Crippen molar-refractivity contribution < 1.29 is 9.53 Å². The predicted molar refractivity (Wildman–Crippen MR) is 70.6 cm³/mol. The van der Waals surface area contributed by atoms with Gasteiger partial charge in [-0.1, -0.05) is 26.5 Å². The zero-order valence-electron chi connectivity index (χ0n) is 11.2. The average Bonchev–Trinajstić information content (AvgIpc) is 2.38. The predicted octanol–water partition coefficient (Wildman–Crippen LogP) is 3.44. The number of nitrogens with zero attached hydrogens (tertiary/aromatic N) is 1. The van der Waals surface area contributed by atoms with E-state index in [0.29, 0.717) is 23.3 Å². The molecular weight excluding hydrogens is 226 g/mol. The number of carbonyl (C=O) groups is 1. The quantitative estimate of drug-likeness (QED) is 0.563. The highest BCUT2D eigenvalue weighted by Gasteiger charge is 2.37. The number of carbonyl (C=O) groups excluding carboxylic acids is 1. The lowest BCUT2D eigenvalue weighted by molar-refractivity contribution is -0.125. The van der Waals surface area contributed by atoms with Crippen LogP contribution in [-0.4, -0.2) is 11.4 Å². The summed E-state index contributed by atoms with van der Waals surface area (Å²) in [6.07, 6.45) is 4.97. The summed E-state index contributed by atoms with van der Waals surface area (Å²) in [5.41, 5.74) is 0.491. The highest BCUT2D eigenvalue weighted by Crippen LogP contribution is 2.35. The minimum atomic E-state index is -0.376. The van der Waals surface area contributed by atoms with Crippen molar-refractivity contribution in [3.05, 3.63) is 35.6 Å². The van der Waals surface area contributed by atoms with Crippen LogP contribution < -0.4 is 0 Å². The molecule has 0 atom stereocenters. The molecule has 0 unspecified atom stereocenters. The van der Waals surface area contributed by atoms with Crippen LogP contribution in [0, 0.1) is 11.3 Å². The van der Waals surface area contributed by atoms with E-state index in [1.54, 1.807) is 13.0 Å². The van der Waals surface area contributed by atoms with Crippen LogP contribution in [0.2, 0.25) is 0 Å². The van der Waals surface area contributed by atoms with Gasteiger partial charge in [0.05, 0.1) is 23.6 Å². The fourth-order valence-corrected chi connectivity index (χ4v) is 2.12. The fraction of sp³-hybridized carbons (Fsp3) is 0.467. The Bertz CT molecular complexity index is 459. The van der Waals surface area contributed by atoms with Crippen molar-refractivity contribution in [1.29, 1.82) is 5.26 Å². The summed E-state index contributed by atoms with van der Waals surface area (Å²) in [6.45, 7) is 9.37. The molecule has 18 heavy (non-hydrogen) atoms. The summed E-state index contributed by atoms with van der Waals surface area (Å²) in [5, 5.41) is 8.86. The van der Waals surface area contributed by atoms with Crippen molar-refractivity contribution in [1.82, 2.24) is 0 Å². The third-order valence-corrected chi connectivity index (χ3v) is 3.47. The van der Waals surface area contributed by atoms with E-state index >= 15 is 0 Å². The molecule has 0 aromatic heterocycles. The largest absolute Gasteiger partial charge is 0.491 e. The Hall–Kier alpha value is -1.82. The normalized spacial score (nSPS) is 19.2. The Kier molecular flexibility index (Phi) is 4.49. The number of Topliss-reactive ketones (excluding diaryl/α,β-unsaturated/α-hetero) is 1. The number of hydrogen-bond donors (Lipinski definition) is 0. The van der Waals surface area contributed by atoms with Crippen LogP contribution in [0.15, 0.2) is 35.6 Å². The lowest BCUT2D eigenvalue weighted by Gasteiger charge is -2.36. The number of ether oxygens (including phenoxy) is 1. The second-order valence-corrected chi connectivity index (χ2v) is 4.48. The van der Waals surface area contributed by atoms with Gasteiger partial charge in [0.15, 0.2) is 5.78 Å². The van der Waals surface area contributed by atoms with E-state index in [1.165, 1.54) is 6.08 Å². The summed E-state index contributed by atoms with van der Waals surface area (Å²) in [5.74, 6) is 0.640.